The number of hydrogen-bond acceptors (Lipinski definition) is 10. The monoisotopic (exact) mass is 465 g/mol. The zero-order valence-corrected chi connectivity index (χ0v) is 17.8. The summed E-state index contributed by atoms with van der Waals surface area (Å²) in [6, 6.07) is 5.90. The Morgan fingerprint density at radius 3 is 2.79 bits per heavy atom. The molecular formula is C20H23N3O10. The molecule has 1 fully saturated rings. The lowest BCUT2D eigenvalue weighted by Crippen LogP contribution is -2.33. The number of H-pyrrole nitrogens is 1. The molecule has 3 rings (SSSR count). The van der Waals surface area contributed by atoms with Gasteiger partial charge < -0.3 is 24.1 Å². The maximum absolute atomic E-state index is 12.0. The Balaban J connectivity index is 1.55. The van der Waals surface area contributed by atoms with Crippen LogP contribution in [-0.4, -0.2) is 58.3 Å². The number of hydrogen-bond donors (Lipinski definition) is 2. The number of benzene rings is 1. The third-order valence-electron chi connectivity index (χ3n) is 5.14. The molecular weight excluding hydrogens is 442 g/mol. The van der Waals surface area contributed by atoms with E-state index in [2.05, 4.69) is 4.98 Å². The summed E-state index contributed by atoms with van der Waals surface area (Å²) in [5, 5.41) is 21.4. The number of nitro groups is 1. The maximum Gasteiger partial charge on any atom is 0.508 e. The second-order valence-corrected chi connectivity index (χ2v) is 7.32. The number of aromatic amines is 1. The van der Waals surface area contributed by atoms with Crippen LogP contribution in [0, 0.1) is 17.0 Å². The fourth-order valence-corrected chi connectivity index (χ4v) is 3.38. The molecule has 0 saturated carbocycles. The van der Waals surface area contributed by atoms with E-state index in [9.17, 15) is 29.6 Å². The van der Waals surface area contributed by atoms with Crippen LogP contribution in [0.15, 0.2) is 40.1 Å². The van der Waals surface area contributed by atoms with Gasteiger partial charge in [0.05, 0.1) is 16.6 Å². The summed E-state index contributed by atoms with van der Waals surface area (Å²) in [5.74, 6) is 0. The predicted molar refractivity (Wildman–Crippen MR) is 111 cm³/mol. The number of nitrogens with one attached hydrogen (secondary N) is 1. The van der Waals surface area contributed by atoms with Crippen molar-refractivity contribution >= 4 is 11.8 Å². The van der Waals surface area contributed by atoms with E-state index in [1.165, 1.54) is 38.4 Å². The summed E-state index contributed by atoms with van der Waals surface area (Å²) in [7, 11) is 1.32. The molecule has 13 nitrogen and oxygen atoms in total. The normalized spacial score (nSPS) is 20.9. The van der Waals surface area contributed by atoms with Crippen molar-refractivity contribution < 1.29 is 33.8 Å². The first-order valence-corrected chi connectivity index (χ1v) is 9.92. The van der Waals surface area contributed by atoms with Gasteiger partial charge in [0.25, 0.3) is 11.2 Å². The minimum atomic E-state index is -1.09. The van der Waals surface area contributed by atoms with Crippen molar-refractivity contribution in [1.29, 1.82) is 0 Å². The molecule has 0 spiro atoms. The SMILES string of the molecule is COC(COC(=O)OC[C@H]1O[C@@H](n2cc(C)c(=O)[nH]c2=O)CC1O)c1ccccc1[N+](=O)[O-]. The van der Waals surface area contributed by atoms with Crippen LogP contribution in [0.4, 0.5) is 10.5 Å². The van der Waals surface area contributed by atoms with Crippen LogP contribution in [0.2, 0.25) is 0 Å². The Labute approximate surface area is 186 Å². The smallest absolute Gasteiger partial charge is 0.431 e. The minimum Gasteiger partial charge on any atom is -0.431 e. The number of nitro benzene ring substituents is 1. The molecule has 0 bridgehead atoms. The average molecular weight is 465 g/mol. The maximum atomic E-state index is 12.0. The lowest BCUT2D eigenvalue weighted by atomic mass is 10.1. The summed E-state index contributed by atoms with van der Waals surface area (Å²) in [6.45, 7) is 0.813. The van der Waals surface area contributed by atoms with E-state index in [-0.39, 0.29) is 30.9 Å². The van der Waals surface area contributed by atoms with E-state index in [1.807, 2.05) is 0 Å². The van der Waals surface area contributed by atoms with Gasteiger partial charge in [-0.25, -0.2) is 9.59 Å². The van der Waals surface area contributed by atoms with Gasteiger partial charge in [0.2, 0.25) is 0 Å². The van der Waals surface area contributed by atoms with Crippen molar-refractivity contribution in [1.82, 2.24) is 9.55 Å². The summed E-state index contributed by atoms with van der Waals surface area (Å²) >= 11 is 0. The van der Waals surface area contributed by atoms with E-state index in [4.69, 9.17) is 18.9 Å². The molecule has 178 valence electrons. The number of aliphatic hydroxyl groups excluding tert-OH is 1. The van der Waals surface area contributed by atoms with Gasteiger partial charge in [-0.05, 0) is 13.0 Å². The number of para-hydroxylation sites is 1. The van der Waals surface area contributed by atoms with Gasteiger partial charge in [-0.2, -0.15) is 0 Å². The molecule has 1 saturated heterocycles. The molecule has 2 heterocycles. The average Bonchev–Trinajstić information content (AvgIpc) is 3.15. The number of aromatic nitrogens is 2. The molecule has 13 heteroatoms. The van der Waals surface area contributed by atoms with Gasteiger partial charge in [0, 0.05) is 31.4 Å². The van der Waals surface area contributed by atoms with Gasteiger partial charge in [-0.3, -0.25) is 24.5 Å². The summed E-state index contributed by atoms with van der Waals surface area (Å²) < 4.78 is 21.9. The van der Waals surface area contributed by atoms with Crippen molar-refractivity contribution in [3.8, 4) is 0 Å². The molecule has 1 aliphatic heterocycles. The van der Waals surface area contributed by atoms with E-state index in [0.717, 1.165) is 4.57 Å². The van der Waals surface area contributed by atoms with Gasteiger partial charge in [0.1, 0.15) is 31.6 Å². The van der Waals surface area contributed by atoms with Crippen LogP contribution in [0.25, 0.3) is 0 Å². The van der Waals surface area contributed by atoms with Crippen molar-refractivity contribution in [2.75, 3.05) is 20.3 Å². The molecule has 4 atom stereocenters. The second-order valence-electron chi connectivity index (χ2n) is 7.32. The molecule has 0 aliphatic carbocycles. The first-order valence-electron chi connectivity index (χ1n) is 9.92. The predicted octanol–water partition coefficient (Wildman–Crippen LogP) is 0.943. The molecule has 0 radical (unpaired) electrons. The number of aryl methyl sites for hydroxylation is 1. The zero-order chi connectivity index (χ0) is 24.1. The second kappa shape index (κ2) is 10.4. The van der Waals surface area contributed by atoms with Crippen LogP contribution < -0.4 is 11.2 Å². The number of carbonyl (C=O) groups excluding carboxylic acids is 1. The van der Waals surface area contributed by atoms with E-state index >= 15 is 0 Å². The van der Waals surface area contributed by atoms with Crippen molar-refractivity contribution in [3.05, 3.63) is 72.5 Å². The number of ether oxygens (including phenoxy) is 4. The molecule has 2 aromatic rings. The molecule has 1 aromatic carbocycles. The van der Waals surface area contributed by atoms with Crippen LogP contribution in [0.3, 0.4) is 0 Å². The molecule has 1 aliphatic rings. The largest absolute Gasteiger partial charge is 0.508 e. The first kappa shape index (κ1) is 24.1. The van der Waals surface area contributed by atoms with Crippen LogP contribution in [0.5, 0.6) is 0 Å². The Morgan fingerprint density at radius 1 is 1.36 bits per heavy atom. The van der Waals surface area contributed by atoms with Crippen molar-refractivity contribution in [3.63, 3.8) is 0 Å². The standard InChI is InChI=1S/C20H23N3O10/c1-11-8-22(19(26)21-18(11)25)17-7-14(24)16(33-17)10-32-20(27)31-9-15(30-2)12-5-3-4-6-13(12)23(28)29/h3-6,8,14-17,24H,7,9-10H2,1-2H3,(H,21,25,26)/t14?,15?,16-,17-/m1/s1. The van der Waals surface area contributed by atoms with E-state index in [0.29, 0.717) is 5.56 Å². The number of rotatable bonds is 8. The van der Waals surface area contributed by atoms with Crippen LogP contribution >= 0.6 is 0 Å². The third-order valence-corrected chi connectivity index (χ3v) is 5.14. The molecule has 2 unspecified atom stereocenters. The Hall–Kier alpha value is -3.55. The number of carbonyl (C=O) groups is 1. The molecule has 0 amide bonds. The highest BCUT2D eigenvalue weighted by Crippen LogP contribution is 2.29. The molecule has 33 heavy (non-hydrogen) atoms. The Bertz CT molecular complexity index is 1130. The van der Waals surface area contributed by atoms with Crippen LogP contribution in [-0.2, 0) is 18.9 Å². The van der Waals surface area contributed by atoms with Crippen LogP contribution in [0.1, 0.15) is 29.9 Å². The van der Waals surface area contributed by atoms with E-state index < -0.39 is 46.9 Å². The van der Waals surface area contributed by atoms with E-state index in [1.54, 1.807) is 6.07 Å². The summed E-state index contributed by atoms with van der Waals surface area (Å²) in [5.41, 5.74) is -0.862. The number of methoxy groups -OCH3 is 1. The summed E-state index contributed by atoms with van der Waals surface area (Å²) in [4.78, 5) is 48.3. The Morgan fingerprint density at radius 2 is 2.09 bits per heavy atom. The van der Waals surface area contributed by atoms with Crippen molar-refractivity contribution in [2.45, 2.75) is 37.9 Å². The fraction of sp³-hybridized carbons (Fsp3) is 0.450. The highest BCUT2D eigenvalue weighted by atomic mass is 16.7. The lowest BCUT2D eigenvalue weighted by Gasteiger charge is -2.18. The van der Waals surface area contributed by atoms with Gasteiger partial charge in [-0.15, -0.1) is 0 Å². The third kappa shape index (κ3) is 5.63. The zero-order valence-electron chi connectivity index (χ0n) is 17.8. The highest BCUT2D eigenvalue weighted by molar-refractivity contribution is 5.60. The topological polar surface area (TPSA) is 172 Å². The molecule has 1 aromatic heterocycles. The number of aliphatic hydroxyl groups is 1. The minimum absolute atomic E-state index is 0.0396. The lowest BCUT2D eigenvalue weighted by molar-refractivity contribution is -0.386. The number of nitrogens with zero attached hydrogens (tertiary/aromatic N) is 2. The van der Waals surface area contributed by atoms with Gasteiger partial charge in [0.15, 0.2) is 0 Å². The van der Waals surface area contributed by atoms with Crippen molar-refractivity contribution in [2.24, 2.45) is 0 Å². The fourth-order valence-electron chi connectivity index (χ4n) is 3.38. The van der Waals surface area contributed by atoms with Gasteiger partial charge >= 0.3 is 11.8 Å². The molecule has 2 N–H and O–H groups in total. The quantitative estimate of drug-likeness (QED) is 0.325. The first-order chi connectivity index (χ1) is 15.7. The Kier molecular flexibility index (Phi) is 7.58. The summed E-state index contributed by atoms with van der Waals surface area (Å²) in [6.07, 6.45) is -3.46. The highest BCUT2D eigenvalue weighted by Gasteiger charge is 2.36. The van der Waals surface area contributed by atoms with Gasteiger partial charge in [-0.1, -0.05) is 12.1 Å².